The third-order valence-electron chi connectivity index (χ3n) is 3.75. The van der Waals surface area contributed by atoms with Crippen molar-refractivity contribution in [3.8, 4) is 0 Å². The molecule has 0 atom stereocenters. The molecule has 1 aliphatic rings. The molecule has 18 heavy (non-hydrogen) atoms. The number of nitrogens with one attached hydrogen (secondary N) is 1. The molecule has 0 radical (unpaired) electrons. The number of aryl methyl sites for hydroxylation is 1. The smallest absolute Gasteiger partial charge is 0.113 e. The molecule has 2 rings (SSSR count). The molecule has 1 fully saturated rings. The molecular weight excluding hydrogens is 242 g/mol. The largest absolute Gasteiger partial charge is 0.303 e. The highest BCUT2D eigenvalue weighted by molar-refractivity contribution is 7.09. The molecule has 1 saturated heterocycles. The average molecular weight is 267 g/mol. The molecular formula is C14H25N3S. The zero-order valence-corrected chi connectivity index (χ0v) is 12.8. The molecule has 102 valence electrons. The summed E-state index contributed by atoms with van der Waals surface area (Å²) >= 11 is 1.81. The highest BCUT2D eigenvalue weighted by Crippen LogP contribution is 2.35. The Morgan fingerprint density at radius 3 is 2.56 bits per heavy atom. The SMILES string of the molecule is CCN1CCC(NC(C)C)(c2nc(C)cs2)CC1. The van der Waals surface area contributed by atoms with Gasteiger partial charge in [0.15, 0.2) is 0 Å². The van der Waals surface area contributed by atoms with Crippen LogP contribution in [0.2, 0.25) is 0 Å². The number of rotatable bonds is 4. The summed E-state index contributed by atoms with van der Waals surface area (Å²) in [6.07, 6.45) is 2.35. The first-order chi connectivity index (χ1) is 8.55. The second-order valence-corrected chi connectivity index (χ2v) is 6.47. The van der Waals surface area contributed by atoms with Gasteiger partial charge < -0.3 is 10.2 Å². The zero-order valence-electron chi connectivity index (χ0n) is 12.0. The van der Waals surface area contributed by atoms with Crippen LogP contribution in [-0.4, -0.2) is 35.6 Å². The standard InChI is InChI=1S/C14H25N3S/c1-5-17-8-6-14(7-9-17,16-11(2)3)13-15-12(4)10-18-13/h10-11,16H,5-9H2,1-4H3. The molecule has 1 aromatic rings. The fourth-order valence-electron chi connectivity index (χ4n) is 2.80. The van der Waals surface area contributed by atoms with Gasteiger partial charge in [-0.2, -0.15) is 0 Å². The second-order valence-electron chi connectivity index (χ2n) is 5.61. The van der Waals surface area contributed by atoms with Crippen molar-refractivity contribution in [2.45, 2.75) is 52.1 Å². The number of piperidine rings is 1. The topological polar surface area (TPSA) is 28.2 Å². The summed E-state index contributed by atoms with van der Waals surface area (Å²) < 4.78 is 0. The van der Waals surface area contributed by atoms with Crippen molar-refractivity contribution in [2.75, 3.05) is 19.6 Å². The molecule has 1 aliphatic heterocycles. The molecule has 0 aliphatic carbocycles. The van der Waals surface area contributed by atoms with Crippen molar-refractivity contribution in [1.82, 2.24) is 15.2 Å². The second kappa shape index (κ2) is 5.68. The molecule has 1 aromatic heterocycles. The van der Waals surface area contributed by atoms with Crippen molar-refractivity contribution in [2.24, 2.45) is 0 Å². The number of hydrogen-bond donors (Lipinski definition) is 1. The summed E-state index contributed by atoms with van der Waals surface area (Å²) in [5.74, 6) is 0. The first-order valence-corrected chi connectivity index (χ1v) is 7.86. The Balaban J connectivity index is 2.19. The van der Waals surface area contributed by atoms with Crippen molar-refractivity contribution < 1.29 is 0 Å². The van der Waals surface area contributed by atoms with E-state index in [0.29, 0.717) is 6.04 Å². The maximum Gasteiger partial charge on any atom is 0.113 e. The molecule has 2 heterocycles. The van der Waals surface area contributed by atoms with Crippen LogP contribution in [0.1, 0.15) is 44.3 Å². The predicted octanol–water partition coefficient (Wildman–Crippen LogP) is 2.76. The van der Waals surface area contributed by atoms with Crippen LogP contribution in [0.3, 0.4) is 0 Å². The fraction of sp³-hybridized carbons (Fsp3) is 0.786. The van der Waals surface area contributed by atoms with Crippen molar-refractivity contribution in [3.05, 3.63) is 16.1 Å². The van der Waals surface area contributed by atoms with Crippen LogP contribution in [0.15, 0.2) is 5.38 Å². The van der Waals surface area contributed by atoms with Gasteiger partial charge in [-0.3, -0.25) is 0 Å². The number of hydrogen-bond acceptors (Lipinski definition) is 4. The van der Waals surface area contributed by atoms with Crippen LogP contribution in [0.5, 0.6) is 0 Å². The average Bonchev–Trinajstić information content (AvgIpc) is 2.77. The van der Waals surface area contributed by atoms with E-state index in [2.05, 4.69) is 43.3 Å². The van der Waals surface area contributed by atoms with E-state index < -0.39 is 0 Å². The van der Waals surface area contributed by atoms with Crippen LogP contribution < -0.4 is 5.32 Å². The summed E-state index contributed by atoms with van der Waals surface area (Å²) in [5, 5.41) is 7.24. The summed E-state index contributed by atoms with van der Waals surface area (Å²) in [6.45, 7) is 12.3. The van der Waals surface area contributed by atoms with Gasteiger partial charge in [0.05, 0.1) is 5.54 Å². The Bertz CT molecular complexity index is 378. The summed E-state index contributed by atoms with van der Waals surface area (Å²) in [4.78, 5) is 7.28. The molecule has 3 nitrogen and oxygen atoms in total. The summed E-state index contributed by atoms with van der Waals surface area (Å²) in [6, 6.07) is 0.502. The van der Waals surface area contributed by atoms with E-state index in [1.54, 1.807) is 0 Å². The third-order valence-corrected chi connectivity index (χ3v) is 4.91. The zero-order chi connectivity index (χ0) is 13.2. The first kappa shape index (κ1) is 14.0. The summed E-state index contributed by atoms with van der Waals surface area (Å²) in [7, 11) is 0. The van der Waals surface area contributed by atoms with Crippen LogP contribution in [0.25, 0.3) is 0 Å². The van der Waals surface area contributed by atoms with Gasteiger partial charge in [0, 0.05) is 30.2 Å². The molecule has 0 unspecified atom stereocenters. The van der Waals surface area contributed by atoms with Gasteiger partial charge >= 0.3 is 0 Å². The van der Waals surface area contributed by atoms with Gasteiger partial charge in [0.1, 0.15) is 5.01 Å². The minimum atomic E-state index is 0.110. The monoisotopic (exact) mass is 267 g/mol. The molecule has 1 N–H and O–H groups in total. The van der Waals surface area contributed by atoms with E-state index in [4.69, 9.17) is 4.98 Å². The molecule has 0 amide bonds. The van der Waals surface area contributed by atoms with Gasteiger partial charge in [-0.1, -0.05) is 6.92 Å². The third kappa shape index (κ3) is 2.92. The number of aromatic nitrogens is 1. The Hall–Kier alpha value is -0.450. The Labute approximate surface area is 115 Å². The van der Waals surface area contributed by atoms with Crippen LogP contribution >= 0.6 is 11.3 Å². The predicted molar refractivity (Wildman–Crippen MR) is 78.1 cm³/mol. The molecule has 0 bridgehead atoms. The van der Waals surface area contributed by atoms with E-state index in [9.17, 15) is 0 Å². The lowest BCUT2D eigenvalue weighted by atomic mass is 9.87. The normalized spacial score (nSPS) is 20.5. The molecule has 0 spiro atoms. The molecule has 4 heteroatoms. The number of nitrogens with zero attached hydrogens (tertiary/aromatic N) is 2. The minimum absolute atomic E-state index is 0.110. The Kier molecular flexibility index (Phi) is 4.41. The summed E-state index contributed by atoms with van der Waals surface area (Å²) in [5.41, 5.74) is 1.26. The molecule has 0 saturated carbocycles. The maximum atomic E-state index is 4.75. The van der Waals surface area contributed by atoms with Gasteiger partial charge in [-0.25, -0.2) is 4.98 Å². The molecule has 0 aromatic carbocycles. The Morgan fingerprint density at radius 2 is 2.11 bits per heavy atom. The lowest BCUT2D eigenvalue weighted by Crippen LogP contribution is -2.53. The fourth-order valence-corrected chi connectivity index (χ4v) is 3.82. The highest BCUT2D eigenvalue weighted by atomic mass is 32.1. The van der Waals surface area contributed by atoms with Crippen molar-refractivity contribution >= 4 is 11.3 Å². The van der Waals surface area contributed by atoms with E-state index in [1.165, 1.54) is 30.9 Å². The number of thiazole rings is 1. The van der Waals surface area contributed by atoms with Crippen LogP contribution in [0, 0.1) is 6.92 Å². The lowest BCUT2D eigenvalue weighted by Gasteiger charge is -2.42. The Morgan fingerprint density at radius 1 is 1.44 bits per heavy atom. The van der Waals surface area contributed by atoms with Crippen LogP contribution in [-0.2, 0) is 5.54 Å². The van der Waals surface area contributed by atoms with Gasteiger partial charge in [-0.15, -0.1) is 11.3 Å². The van der Waals surface area contributed by atoms with E-state index in [-0.39, 0.29) is 5.54 Å². The van der Waals surface area contributed by atoms with E-state index in [0.717, 1.165) is 12.2 Å². The lowest BCUT2D eigenvalue weighted by molar-refractivity contribution is 0.131. The quantitative estimate of drug-likeness (QED) is 0.909. The number of likely N-dealkylation sites (tertiary alicyclic amines) is 1. The first-order valence-electron chi connectivity index (χ1n) is 6.98. The minimum Gasteiger partial charge on any atom is -0.303 e. The van der Waals surface area contributed by atoms with Gasteiger partial charge in [-0.05, 0) is 40.2 Å². The van der Waals surface area contributed by atoms with Crippen molar-refractivity contribution in [1.29, 1.82) is 0 Å². The van der Waals surface area contributed by atoms with Crippen LogP contribution in [0.4, 0.5) is 0 Å². The van der Waals surface area contributed by atoms with E-state index >= 15 is 0 Å². The van der Waals surface area contributed by atoms with Gasteiger partial charge in [0.25, 0.3) is 0 Å². The van der Waals surface area contributed by atoms with Crippen molar-refractivity contribution in [3.63, 3.8) is 0 Å². The maximum absolute atomic E-state index is 4.75. The van der Waals surface area contributed by atoms with E-state index in [1.807, 2.05) is 11.3 Å². The highest BCUT2D eigenvalue weighted by Gasteiger charge is 2.38. The van der Waals surface area contributed by atoms with Gasteiger partial charge in [0.2, 0.25) is 0 Å².